The maximum Gasteiger partial charge on any atom is 0.503 e. The van der Waals surface area contributed by atoms with Crippen molar-refractivity contribution < 1.29 is 24.2 Å². The van der Waals surface area contributed by atoms with E-state index in [4.69, 9.17) is 26.6 Å². The van der Waals surface area contributed by atoms with Crippen LogP contribution in [0, 0.1) is 11.7 Å². The van der Waals surface area contributed by atoms with Crippen LogP contribution >= 0.6 is 11.6 Å². The van der Waals surface area contributed by atoms with Crippen LogP contribution in [0.3, 0.4) is 0 Å². The topological polar surface area (TPSA) is 86.6 Å². The lowest BCUT2D eigenvalue weighted by atomic mass is 9.86. The van der Waals surface area contributed by atoms with Gasteiger partial charge in [0.1, 0.15) is 5.82 Å². The lowest BCUT2D eigenvalue weighted by Crippen LogP contribution is -2.41. The van der Waals surface area contributed by atoms with Crippen LogP contribution < -0.4 is 5.32 Å². The van der Waals surface area contributed by atoms with Crippen molar-refractivity contribution in [2.75, 3.05) is 0 Å². The molecule has 0 saturated heterocycles. The average molecular weight is 346 g/mol. The Bertz CT molecular complexity index is 529. The van der Waals surface area contributed by atoms with Gasteiger partial charge in [0, 0.05) is 16.6 Å². The second-order valence-corrected chi connectivity index (χ2v) is 6.00. The minimum atomic E-state index is -1.83. The second-order valence-electron chi connectivity index (χ2n) is 5.60. The predicted molar refractivity (Wildman–Crippen MR) is 85.3 cm³/mol. The molecule has 0 radical (unpaired) electrons. The van der Waals surface area contributed by atoms with Crippen LogP contribution in [0.15, 0.2) is 18.2 Å². The molecule has 2 atom stereocenters. The van der Waals surface area contributed by atoms with E-state index >= 15 is 0 Å². The molecule has 0 aliphatic heterocycles. The maximum atomic E-state index is 13.6. The molecule has 3 N–H and O–H groups in total. The van der Waals surface area contributed by atoms with Gasteiger partial charge in [-0.25, -0.2) is 9.18 Å². The Balaban J connectivity index is 0.000000593. The molecule has 1 saturated carbocycles. The van der Waals surface area contributed by atoms with E-state index in [0.717, 1.165) is 19.3 Å². The molecule has 1 aromatic carbocycles. The number of benzene rings is 1. The minimum Gasteiger partial charge on any atom is -0.450 e. The van der Waals surface area contributed by atoms with Gasteiger partial charge in [-0.05, 0) is 30.9 Å². The summed E-state index contributed by atoms with van der Waals surface area (Å²) in [6, 6.07) is 4.70. The second kappa shape index (κ2) is 9.35. The highest BCUT2D eigenvalue weighted by Gasteiger charge is 2.23. The number of halogens is 2. The summed E-state index contributed by atoms with van der Waals surface area (Å²) in [5, 5.41) is 17.3. The van der Waals surface area contributed by atoms with Crippen molar-refractivity contribution in [1.82, 2.24) is 5.32 Å². The molecule has 7 heteroatoms. The Hall–Kier alpha value is -1.82. The molecule has 2 unspecified atom stereocenters. The number of rotatable bonds is 3. The molecular weight excluding hydrogens is 325 g/mol. The highest BCUT2D eigenvalue weighted by atomic mass is 35.5. The summed E-state index contributed by atoms with van der Waals surface area (Å²) >= 11 is 5.93. The van der Waals surface area contributed by atoms with E-state index in [1.54, 1.807) is 12.1 Å². The third kappa shape index (κ3) is 6.86. The first-order chi connectivity index (χ1) is 10.8. The monoisotopic (exact) mass is 345 g/mol. The Kier molecular flexibility index (Phi) is 7.81. The van der Waals surface area contributed by atoms with Crippen molar-refractivity contribution in [3.8, 4) is 0 Å². The van der Waals surface area contributed by atoms with Gasteiger partial charge in [0.15, 0.2) is 0 Å². The maximum absolute atomic E-state index is 13.6. The fraction of sp³-hybridized carbons (Fsp3) is 0.500. The van der Waals surface area contributed by atoms with E-state index in [1.807, 2.05) is 0 Å². The zero-order valence-electron chi connectivity index (χ0n) is 12.9. The third-order valence-electron chi connectivity index (χ3n) is 3.86. The number of nitrogens with one attached hydrogen (secondary N) is 1. The lowest BCUT2D eigenvalue weighted by Gasteiger charge is -2.29. The zero-order chi connectivity index (χ0) is 17.4. The van der Waals surface area contributed by atoms with Crippen LogP contribution in [0.25, 0.3) is 0 Å². The molecule has 1 aromatic rings. The molecule has 0 spiro atoms. The first kappa shape index (κ1) is 19.2. The molecule has 0 heterocycles. The van der Waals surface area contributed by atoms with Crippen LogP contribution in [0.5, 0.6) is 0 Å². The molecular formula is C16H21ClFNO4. The first-order valence-corrected chi connectivity index (χ1v) is 7.83. The fourth-order valence-corrected chi connectivity index (χ4v) is 2.88. The Morgan fingerprint density at radius 2 is 1.91 bits per heavy atom. The quantitative estimate of drug-likeness (QED) is 0.774. The van der Waals surface area contributed by atoms with Crippen molar-refractivity contribution in [2.24, 2.45) is 5.92 Å². The summed E-state index contributed by atoms with van der Waals surface area (Å²) < 4.78 is 13.6. The predicted octanol–water partition coefficient (Wildman–Crippen LogP) is 3.94. The summed E-state index contributed by atoms with van der Waals surface area (Å²) in [4.78, 5) is 20.5. The van der Waals surface area contributed by atoms with Gasteiger partial charge < -0.3 is 15.5 Å². The largest absolute Gasteiger partial charge is 0.503 e. The van der Waals surface area contributed by atoms with Crippen LogP contribution in [-0.4, -0.2) is 28.3 Å². The van der Waals surface area contributed by atoms with Gasteiger partial charge in [-0.15, -0.1) is 0 Å². The van der Waals surface area contributed by atoms with E-state index < -0.39 is 12.0 Å². The lowest BCUT2D eigenvalue weighted by molar-refractivity contribution is -0.121. The van der Waals surface area contributed by atoms with E-state index in [2.05, 4.69) is 12.2 Å². The Morgan fingerprint density at radius 3 is 2.48 bits per heavy atom. The van der Waals surface area contributed by atoms with Crippen LogP contribution in [0.2, 0.25) is 5.02 Å². The Labute approximate surface area is 139 Å². The molecule has 0 bridgehead atoms. The van der Waals surface area contributed by atoms with E-state index in [-0.39, 0.29) is 23.9 Å². The summed E-state index contributed by atoms with van der Waals surface area (Å²) in [5.74, 6) is -0.0705. The smallest absolute Gasteiger partial charge is 0.450 e. The van der Waals surface area contributed by atoms with Crippen molar-refractivity contribution in [3.63, 3.8) is 0 Å². The highest BCUT2D eigenvalue weighted by molar-refractivity contribution is 6.31. The minimum absolute atomic E-state index is 0.00866. The highest BCUT2D eigenvalue weighted by Crippen LogP contribution is 2.24. The summed E-state index contributed by atoms with van der Waals surface area (Å²) in [6.45, 7) is 2.15. The van der Waals surface area contributed by atoms with E-state index in [0.29, 0.717) is 10.9 Å². The molecule has 23 heavy (non-hydrogen) atoms. The summed E-state index contributed by atoms with van der Waals surface area (Å²) in [5.41, 5.74) is 0.283. The van der Waals surface area contributed by atoms with Crippen molar-refractivity contribution >= 4 is 23.7 Å². The average Bonchev–Trinajstić information content (AvgIpc) is 2.45. The third-order valence-corrected chi connectivity index (χ3v) is 4.21. The van der Waals surface area contributed by atoms with Gasteiger partial charge in [-0.2, -0.15) is 0 Å². The molecule has 5 nitrogen and oxygen atoms in total. The van der Waals surface area contributed by atoms with Crippen LogP contribution in [0.1, 0.15) is 38.2 Å². The number of carbonyl (C=O) groups excluding carboxylic acids is 1. The number of carboxylic acid groups (broad SMARTS) is 2. The number of hydrogen-bond donors (Lipinski definition) is 3. The normalized spacial score (nSPS) is 20.1. The Morgan fingerprint density at radius 1 is 1.30 bits per heavy atom. The van der Waals surface area contributed by atoms with Crippen molar-refractivity contribution in [1.29, 1.82) is 0 Å². The van der Waals surface area contributed by atoms with Gasteiger partial charge in [-0.3, -0.25) is 4.79 Å². The van der Waals surface area contributed by atoms with Gasteiger partial charge in [0.2, 0.25) is 5.91 Å². The van der Waals surface area contributed by atoms with Gasteiger partial charge >= 0.3 is 6.16 Å². The molecule has 1 amide bonds. The molecule has 2 rings (SSSR count). The summed E-state index contributed by atoms with van der Waals surface area (Å²) in [6.07, 6.45) is 2.71. The van der Waals surface area contributed by atoms with E-state index in [1.165, 1.54) is 12.5 Å². The molecule has 1 aliphatic carbocycles. The van der Waals surface area contributed by atoms with E-state index in [9.17, 15) is 9.18 Å². The molecule has 1 fully saturated rings. The first-order valence-electron chi connectivity index (χ1n) is 7.45. The fourth-order valence-electron chi connectivity index (χ4n) is 2.65. The van der Waals surface area contributed by atoms with Crippen LogP contribution in [-0.2, 0) is 11.2 Å². The standard InChI is InChI=1S/C15H19ClFNO.CH2O3/c1-10-5-2-3-8-14(10)18-15(19)9-11-12(16)6-4-7-13(11)17;2-1(3)4/h4,6-7,10,14H,2-3,5,8-9H2,1H3,(H,18,19);(H2,2,3,4). The molecule has 1 aliphatic rings. The van der Waals surface area contributed by atoms with Crippen LogP contribution in [0.4, 0.5) is 9.18 Å². The van der Waals surface area contributed by atoms with Gasteiger partial charge in [0.25, 0.3) is 0 Å². The SMILES string of the molecule is CC1CCCCC1NC(=O)Cc1c(F)cccc1Cl.O=C(O)O. The molecule has 128 valence electrons. The molecule has 0 aromatic heterocycles. The van der Waals surface area contributed by atoms with Crippen molar-refractivity contribution in [2.45, 2.75) is 45.1 Å². The summed E-state index contributed by atoms with van der Waals surface area (Å²) in [7, 11) is 0. The zero-order valence-corrected chi connectivity index (χ0v) is 13.6. The number of carbonyl (C=O) groups is 2. The number of hydrogen-bond acceptors (Lipinski definition) is 2. The number of amides is 1. The van der Waals surface area contributed by atoms with Crippen molar-refractivity contribution in [3.05, 3.63) is 34.6 Å². The van der Waals surface area contributed by atoms with Gasteiger partial charge in [0.05, 0.1) is 6.42 Å². The van der Waals surface area contributed by atoms with Gasteiger partial charge in [-0.1, -0.05) is 37.4 Å².